The molecule has 0 bridgehead atoms. The van der Waals surface area contributed by atoms with Crippen molar-refractivity contribution in [3.05, 3.63) is 161 Å². The molecule has 5 rings (SSSR count). The van der Waals surface area contributed by atoms with Gasteiger partial charge in [0.15, 0.2) is 0 Å². The van der Waals surface area contributed by atoms with Crippen molar-refractivity contribution in [1.82, 2.24) is 9.55 Å². The molecule has 5 aromatic rings. The van der Waals surface area contributed by atoms with Gasteiger partial charge in [-0.2, -0.15) is 5.26 Å². The Kier molecular flexibility index (Phi) is 6.26. The number of imidazole rings is 1. The lowest BCUT2D eigenvalue weighted by Gasteiger charge is -2.37. The highest BCUT2D eigenvalue weighted by Crippen LogP contribution is 2.41. The predicted molar refractivity (Wildman–Crippen MR) is 137 cm³/mol. The highest BCUT2D eigenvalue weighted by atomic mass is 16.5. The summed E-state index contributed by atoms with van der Waals surface area (Å²) in [4.78, 5) is 4.82. The number of rotatable bonds is 7. The quantitative estimate of drug-likeness (QED) is 0.269. The van der Waals surface area contributed by atoms with Crippen LogP contribution in [0.1, 0.15) is 39.6 Å². The van der Waals surface area contributed by atoms with Crippen molar-refractivity contribution < 1.29 is 4.74 Å². The molecule has 0 radical (unpaired) electrons. The van der Waals surface area contributed by atoms with E-state index in [1.807, 2.05) is 36.7 Å². The summed E-state index contributed by atoms with van der Waals surface area (Å²) in [7, 11) is 1.68. The number of aromatic nitrogens is 2. The van der Waals surface area contributed by atoms with Crippen molar-refractivity contribution >= 4 is 0 Å². The van der Waals surface area contributed by atoms with Crippen molar-refractivity contribution in [2.24, 2.45) is 0 Å². The summed E-state index contributed by atoms with van der Waals surface area (Å²) >= 11 is 0. The van der Waals surface area contributed by atoms with Gasteiger partial charge in [0.2, 0.25) is 0 Å². The maximum absolute atomic E-state index is 9.16. The summed E-state index contributed by atoms with van der Waals surface area (Å²) in [5, 5.41) is 9.16. The molecule has 4 aromatic carbocycles. The number of ether oxygens (including phenoxy) is 1. The van der Waals surface area contributed by atoms with Gasteiger partial charge in [-0.05, 0) is 34.4 Å². The standard InChI is InChI=1S/C31H25N3O/c1-35-30(25-19-17-24(21-32)18-20-25)29-22-34(23-33-29)31(26-11-5-2-6-12-26,27-13-7-3-8-14-27)28-15-9-4-10-16-28/h2-20,22-23,30H,1H3/t30-/m1/s1. The fourth-order valence-corrected chi connectivity index (χ4v) is 4.80. The van der Waals surface area contributed by atoms with Gasteiger partial charge in [0.1, 0.15) is 11.6 Å². The summed E-state index contributed by atoms with van der Waals surface area (Å²) in [5.74, 6) is 0. The second-order valence-electron chi connectivity index (χ2n) is 8.36. The van der Waals surface area contributed by atoms with Crippen LogP contribution in [0.15, 0.2) is 128 Å². The van der Waals surface area contributed by atoms with Crippen molar-refractivity contribution in [2.75, 3.05) is 7.11 Å². The van der Waals surface area contributed by atoms with Gasteiger partial charge in [-0.25, -0.2) is 4.98 Å². The molecule has 0 spiro atoms. The van der Waals surface area contributed by atoms with Gasteiger partial charge >= 0.3 is 0 Å². The summed E-state index contributed by atoms with van der Waals surface area (Å²) in [6.07, 6.45) is 3.60. The molecule has 0 fully saturated rings. The summed E-state index contributed by atoms with van der Waals surface area (Å²) < 4.78 is 8.06. The summed E-state index contributed by atoms with van der Waals surface area (Å²) in [6.45, 7) is 0. The Bertz CT molecular complexity index is 1320. The lowest BCUT2D eigenvalue weighted by atomic mass is 9.77. The Balaban J connectivity index is 1.72. The van der Waals surface area contributed by atoms with Crippen LogP contribution in [0.4, 0.5) is 0 Å². The Morgan fingerprint density at radius 2 is 1.23 bits per heavy atom. The van der Waals surface area contributed by atoms with E-state index in [0.29, 0.717) is 5.56 Å². The van der Waals surface area contributed by atoms with Crippen LogP contribution in [0.25, 0.3) is 0 Å². The first-order valence-electron chi connectivity index (χ1n) is 11.5. The largest absolute Gasteiger partial charge is 0.370 e. The average Bonchev–Trinajstić information content (AvgIpc) is 3.42. The van der Waals surface area contributed by atoms with E-state index in [9.17, 15) is 0 Å². The average molecular weight is 456 g/mol. The molecule has 4 heteroatoms. The zero-order valence-electron chi connectivity index (χ0n) is 19.5. The molecule has 170 valence electrons. The van der Waals surface area contributed by atoms with E-state index in [2.05, 4.69) is 89.6 Å². The SMILES string of the molecule is CO[C@H](c1ccc(C#N)cc1)c1cn(C(c2ccccc2)(c2ccccc2)c2ccccc2)cn1. The van der Waals surface area contributed by atoms with Gasteiger partial charge in [0.25, 0.3) is 0 Å². The summed E-state index contributed by atoms with van der Waals surface area (Å²) in [6, 6.07) is 41.1. The van der Waals surface area contributed by atoms with Crippen LogP contribution >= 0.6 is 0 Å². The van der Waals surface area contributed by atoms with Gasteiger partial charge in [0.05, 0.1) is 23.7 Å². The molecular formula is C31H25N3O. The molecule has 4 nitrogen and oxygen atoms in total. The van der Waals surface area contributed by atoms with E-state index in [4.69, 9.17) is 15.0 Å². The molecule has 0 aliphatic carbocycles. The van der Waals surface area contributed by atoms with E-state index < -0.39 is 5.54 Å². The number of nitriles is 1. The van der Waals surface area contributed by atoms with Crippen LogP contribution in [-0.2, 0) is 10.3 Å². The van der Waals surface area contributed by atoms with E-state index in [1.54, 1.807) is 19.2 Å². The van der Waals surface area contributed by atoms with Crippen LogP contribution in [0, 0.1) is 11.3 Å². The fraction of sp³-hybridized carbons (Fsp3) is 0.0968. The lowest BCUT2D eigenvalue weighted by molar-refractivity contribution is 0.133. The minimum atomic E-state index is -0.627. The Hall–Kier alpha value is -4.46. The van der Waals surface area contributed by atoms with Gasteiger partial charge in [0, 0.05) is 13.3 Å². The van der Waals surface area contributed by atoms with Crippen LogP contribution < -0.4 is 0 Å². The molecule has 0 saturated carbocycles. The molecule has 0 saturated heterocycles. The summed E-state index contributed by atoms with van der Waals surface area (Å²) in [5.41, 5.74) is 5.13. The second-order valence-corrected chi connectivity index (χ2v) is 8.36. The monoisotopic (exact) mass is 455 g/mol. The molecule has 35 heavy (non-hydrogen) atoms. The van der Waals surface area contributed by atoms with E-state index in [0.717, 1.165) is 27.9 Å². The number of hydrogen-bond acceptors (Lipinski definition) is 3. The molecule has 1 heterocycles. The molecule has 1 atom stereocenters. The minimum Gasteiger partial charge on any atom is -0.370 e. The second kappa shape index (κ2) is 9.80. The molecule has 0 aliphatic heterocycles. The molecule has 0 N–H and O–H groups in total. The zero-order chi connectivity index (χ0) is 24.1. The highest BCUT2D eigenvalue weighted by Gasteiger charge is 2.38. The Labute approximate surface area is 205 Å². The first kappa shape index (κ1) is 22.3. The number of methoxy groups -OCH3 is 1. The van der Waals surface area contributed by atoms with E-state index in [-0.39, 0.29) is 6.10 Å². The lowest BCUT2D eigenvalue weighted by Crippen LogP contribution is -2.37. The number of nitrogens with zero attached hydrogens (tertiary/aromatic N) is 3. The molecule has 1 aromatic heterocycles. The normalized spacial score (nSPS) is 12.1. The van der Waals surface area contributed by atoms with Crippen LogP contribution in [0.2, 0.25) is 0 Å². The molecule has 0 unspecified atom stereocenters. The first-order valence-corrected chi connectivity index (χ1v) is 11.5. The third-order valence-electron chi connectivity index (χ3n) is 6.41. The van der Waals surface area contributed by atoms with E-state index >= 15 is 0 Å². The van der Waals surface area contributed by atoms with Crippen LogP contribution in [0.3, 0.4) is 0 Å². The molecule has 0 aliphatic rings. The fourth-order valence-electron chi connectivity index (χ4n) is 4.80. The molecule has 0 amide bonds. The third kappa shape index (κ3) is 4.03. The van der Waals surface area contributed by atoms with Crippen molar-refractivity contribution in [1.29, 1.82) is 5.26 Å². The Morgan fingerprint density at radius 3 is 1.66 bits per heavy atom. The van der Waals surface area contributed by atoms with Crippen molar-refractivity contribution in [3.8, 4) is 6.07 Å². The molecular weight excluding hydrogens is 430 g/mol. The van der Waals surface area contributed by atoms with Gasteiger partial charge in [-0.3, -0.25) is 0 Å². The van der Waals surface area contributed by atoms with Crippen molar-refractivity contribution in [2.45, 2.75) is 11.6 Å². The smallest absolute Gasteiger partial charge is 0.126 e. The third-order valence-corrected chi connectivity index (χ3v) is 6.41. The number of benzene rings is 4. The number of hydrogen-bond donors (Lipinski definition) is 0. The van der Waals surface area contributed by atoms with Gasteiger partial charge in [-0.1, -0.05) is 103 Å². The predicted octanol–water partition coefficient (Wildman–Crippen LogP) is 6.33. The Morgan fingerprint density at radius 1 is 0.743 bits per heavy atom. The van der Waals surface area contributed by atoms with Gasteiger partial charge < -0.3 is 9.30 Å². The maximum Gasteiger partial charge on any atom is 0.126 e. The highest BCUT2D eigenvalue weighted by molar-refractivity contribution is 5.51. The van der Waals surface area contributed by atoms with Crippen LogP contribution in [-0.4, -0.2) is 16.7 Å². The van der Waals surface area contributed by atoms with E-state index in [1.165, 1.54) is 0 Å². The first-order chi connectivity index (χ1) is 17.3. The topological polar surface area (TPSA) is 50.8 Å². The van der Waals surface area contributed by atoms with Gasteiger partial charge in [-0.15, -0.1) is 0 Å². The van der Waals surface area contributed by atoms with Crippen LogP contribution in [0.5, 0.6) is 0 Å². The maximum atomic E-state index is 9.16. The van der Waals surface area contributed by atoms with Crippen molar-refractivity contribution in [3.63, 3.8) is 0 Å². The zero-order valence-corrected chi connectivity index (χ0v) is 19.5. The minimum absolute atomic E-state index is 0.357.